The van der Waals surface area contributed by atoms with Gasteiger partial charge in [0.15, 0.2) is 0 Å². The van der Waals surface area contributed by atoms with E-state index in [4.69, 9.17) is 10.5 Å². The maximum atomic E-state index is 11.7. The molecule has 1 aromatic heterocycles. The molecule has 5 nitrogen and oxygen atoms in total. The lowest BCUT2D eigenvalue weighted by molar-refractivity contribution is -0.123. The van der Waals surface area contributed by atoms with Gasteiger partial charge in [-0.3, -0.25) is 4.79 Å². The third-order valence-corrected chi connectivity index (χ3v) is 3.35. The smallest absolute Gasteiger partial charge is 0.240 e. The zero-order valence-corrected chi connectivity index (χ0v) is 12.4. The van der Waals surface area contributed by atoms with Gasteiger partial charge in [-0.05, 0) is 39.3 Å². The number of piperidine rings is 1. The van der Waals surface area contributed by atoms with Crippen LogP contribution in [0.1, 0.15) is 33.6 Å². The number of pyridine rings is 1. The second kappa shape index (κ2) is 5.79. The fourth-order valence-corrected chi connectivity index (χ4v) is 2.61. The summed E-state index contributed by atoms with van der Waals surface area (Å²) in [6.45, 7) is 6.80. The molecule has 20 heavy (non-hydrogen) atoms. The van der Waals surface area contributed by atoms with Crippen LogP contribution < -0.4 is 10.6 Å². The summed E-state index contributed by atoms with van der Waals surface area (Å²) in [5, 5.41) is 0. The van der Waals surface area contributed by atoms with Crippen LogP contribution >= 0.6 is 0 Å². The maximum Gasteiger partial charge on any atom is 0.240 e. The summed E-state index contributed by atoms with van der Waals surface area (Å²) in [6, 6.07) is 5.32. The zero-order chi connectivity index (χ0) is 14.8. The van der Waals surface area contributed by atoms with E-state index in [0.29, 0.717) is 6.42 Å². The fraction of sp³-hybridized carbons (Fsp3) is 0.600. The highest BCUT2D eigenvalue weighted by Gasteiger charge is 2.34. The Labute approximate surface area is 120 Å². The van der Waals surface area contributed by atoms with Crippen LogP contribution in [0.3, 0.4) is 0 Å². The van der Waals surface area contributed by atoms with Gasteiger partial charge in [-0.2, -0.15) is 0 Å². The standard InChI is InChI=1S/C15H23N3O2/c1-15(2,3)20-11-7-9-18(12(10-11)14(16)19)13-6-4-5-8-17-13/h4-6,8,11-12H,7,9-10H2,1-3H3,(H2,16,19). The highest BCUT2D eigenvalue weighted by atomic mass is 16.5. The van der Waals surface area contributed by atoms with Crippen molar-refractivity contribution in [1.82, 2.24) is 4.98 Å². The number of amides is 1. The van der Waals surface area contributed by atoms with Crippen LogP contribution in [0.5, 0.6) is 0 Å². The van der Waals surface area contributed by atoms with E-state index in [1.54, 1.807) is 6.20 Å². The Hall–Kier alpha value is -1.62. The van der Waals surface area contributed by atoms with Gasteiger partial charge >= 0.3 is 0 Å². The van der Waals surface area contributed by atoms with Crippen LogP contribution in [0.4, 0.5) is 5.82 Å². The lowest BCUT2D eigenvalue weighted by atomic mass is 9.97. The molecule has 110 valence electrons. The van der Waals surface area contributed by atoms with Crippen molar-refractivity contribution in [2.75, 3.05) is 11.4 Å². The molecule has 0 aromatic carbocycles. The molecule has 2 atom stereocenters. The number of nitrogens with zero attached hydrogens (tertiary/aromatic N) is 2. The van der Waals surface area contributed by atoms with Gasteiger partial charge in [-0.15, -0.1) is 0 Å². The Morgan fingerprint density at radius 1 is 1.45 bits per heavy atom. The molecule has 0 bridgehead atoms. The topological polar surface area (TPSA) is 68.4 Å². The first kappa shape index (κ1) is 14.8. The number of nitrogens with two attached hydrogens (primary N) is 1. The van der Waals surface area contributed by atoms with Crippen LogP contribution in [0.25, 0.3) is 0 Å². The number of carbonyl (C=O) groups excluding carboxylic acids is 1. The van der Waals surface area contributed by atoms with Gasteiger partial charge in [0.05, 0.1) is 11.7 Å². The molecule has 5 heteroatoms. The monoisotopic (exact) mass is 277 g/mol. The molecule has 1 aliphatic rings. The molecule has 2 rings (SSSR count). The second-order valence-electron chi connectivity index (χ2n) is 6.18. The Balaban J connectivity index is 2.12. The lowest BCUT2D eigenvalue weighted by Gasteiger charge is -2.40. The van der Waals surface area contributed by atoms with E-state index in [-0.39, 0.29) is 23.7 Å². The average Bonchev–Trinajstić information content (AvgIpc) is 2.37. The summed E-state index contributed by atoms with van der Waals surface area (Å²) in [6.07, 6.45) is 3.28. The predicted molar refractivity (Wildman–Crippen MR) is 78.4 cm³/mol. The summed E-state index contributed by atoms with van der Waals surface area (Å²) >= 11 is 0. The van der Waals surface area contributed by atoms with Gasteiger partial charge in [0.2, 0.25) is 5.91 Å². The first-order valence-electron chi connectivity index (χ1n) is 7.01. The SMILES string of the molecule is CC(C)(C)OC1CCN(c2ccccn2)C(C(N)=O)C1. The minimum absolute atomic E-state index is 0.0625. The van der Waals surface area contributed by atoms with Crippen LogP contribution in [-0.4, -0.2) is 35.2 Å². The first-order chi connectivity index (χ1) is 9.37. The molecule has 2 heterocycles. The van der Waals surface area contributed by atoms with Crippen LogP contribution in [0.2, 0.25) is 0 Å². The highest BCUT2D eigenvalue weighted by molar-refractivity contribution is 5.83. The highest BCUT2D eigenvalue weighted by Crippen LogP contribution is 2.27. The fourth-order valence-electron chi connectivity index (χ4n) is 2.61. The molecular formula is C15H23N3O2. The minimum Gasteiger partial charge on any atom is -0.372 e. The van der Waals surface area contributed by atoms with Crippen molar-refractivity contribution in [3.8, 4) is 0 Å². The largest absolute Gasteiger partial charge is 0.372 e. The number of carbonyl (C=O) groups is 1. The van der Waals surface area contributed by atoms with Crippen molar-refractivity contribution in [3.05, 3.63) is 24.4 Å². The summed E-state index contributed by atoms with van der Waals surface area (Å²) < 4.78 is 5.99. The summed E-state index contributed by atoms with van der Waals surface area (Å²) in [5.41, 5.74) is 5.35. The van der Waals surface area contributed by atoms with Crippen molar-refractivity contribution in [2.24, 2.45) is 5.73 Å². The number of rotatable bonds is 3. The van der Waals surface area contributed by atoms with Gasteiger partial charge in [-0.25, -0.2) is 4.98 Å². The second-order valence-corrected chi connectivity index (χ2v) is 6.18. The van der Waals surface area contributed by atoms with Crippen LogP contribution in [0, 0.1) is 0 Å². The number of aromatic nitrogens is 1. The Morgan fingerprint density at radius 3 is 2.75 bits per heavy atom. The van der Waals surface area contributed by atoms with Gasteiger partial charge in [0.1, 0.15) is 11.9 Å². The molecule has 1 amide bonds. The predicted octanol–water partition coefficient (Wildman–Crippen LogP) is 1.72. The number of primary amides is 1. The van der Waals surface area contributed by atoms with Crippen molar-refractivity contribution in [2.45, 2.75) is 51.4 Å². The lowest BCUT2D eigenvalue weighted by Crippen LogP contribution is -2.53. The van der Waals surface area contributed by atoms with Gasteiger partial charge < -0.3 is 15.4 Å². The summed E-state index contributed by atoms with van der Waals surface area (Å²) in [4.78, 5) is 18.0. The van der Waals surface area contributed by atoms with Gasteiger partial charge in [0, 0.05) is 19.2 Å². The maximum absolute atomic E-state index is 11.7. The molecular weight excluding hydrogens is 254 g/mol. The molecule has 1 aromatic rings. The molecule has 1 fully saturated rings. The summed E-state index contributed by atoms with van der Waals surface area (Å²) in [7, 11) is 0. The number of anilines is 1. The molecule has 0 radical (unpaired) electrons. The Morgan fingerprint density at radius 2 is 2.20 bits per heavy atom. The molecule has 1 saturated heterocycles. The van der Waals surface area contributed by atoms with Crippen LogP contribution in [0.15, 0.2) is 24.4 Å². The van der Waals surface area contributed by atoms with E-state index in [9.17, 15) is 4.79 Å². The van der Waals surface area contributed by atoms with E-state index in [0.717, 1.165) is 18.8 Å². The van der Waals surface area contributed by atoms with Crippen molar-refractivity contribution < 1.29 is 9.53 Å². The minimum atomic E-state index is -0.356. The van der Waals surface area contributed by atoms with Gasteiger partial charge in [0.25, 0.3) is 0 Å². The average molecular weight is 277 g/mol. The summed E-state index contributed by atoms with van der Waals surface area (Å²) in [5.74, 6) is 0.475. The Kier molecular flexibility index (Phi) is 4.28. The number of ether oxygens (including phenoxy) is 1. The number of hydrogen-bond donors (Lipinski definition) is 1. The van der Waals surface area contributed by atoms with E-state index in [1.165, 1.54) is 0 Å². The Bertz CT molecular complexity index is 456. The molecule has 2 unspecified atom stereocenters. The van der Waals surface area contributed by atoms with Crippen molar-refractivity contribution >= 4 is 11.7 Å². The molecule has 0 saturated carbocycles. The first-order valence-corrected chi connectivity index (χ1v) is 7.01. The van der Waals surface area contributed by atoms with Gasteiger partial charge in [-0.1, -0.05) is 6.07 Å². The third kappa shape index (κ3) is 3.70. The number of hydrogen-bond acceptors (Lipinski definition) is 4. The van der Waals surface area contributed by atoms with E-state index < -0.39 is 0 Å². The molecule has 2 N–H and O–H groups in total. The normalized spacial score (nSPS) is 23.6. The zero-order valence-electron chi connectivity index (χ0n) is 12.4. The van der Waals surface area contributed by atoms with Crippen molar-refractivity contribution in [1.29, 1.82) is 0 Å². The van der Waals surface area contributed by atoms with Crippen molar-refractivity contribution in [3.63, 3.8) is 0 Å². The molecule has 1 aliphatic heterocycles. The van der Waals surface area contributed by atoms with E-state index in [2.05, 4.69) is 4.98 Å². The third-order valence-electron chi connectivity index (χ3n) is 3.35. The van der Waals surface area contributed by atoms with Crippen LogP contribution in [-0.2, 0) is 9.53 Å². The molecule has 0 spiro atoms. The quantitative estimate of drug-likeness (QED) is 0.913. The van der Waals surface area contributed by atoms with E-state index >= 15 is 0 Å². The molecule has 0 aliphatic carbocycles. The van der Waals surface area contributed by atoms with E-state index in [1.807, 2.05) is 43.9 Å².